The highest BCUT2D eigenvalue weighted by molar-refractivity contribution is 7.68. The van der Waals surface area contributed by atoms with Crippen LogP contribution in [0.5, 0.6) is 11.5 Å². The van der Waals surface area contributed by atoms with Crippen LogP contribution in [-0.4, -0.2) is 13.2 Å². The molecule has 0 N–H and O–H groups in total. The Morgan fingerprint density at radius 1 is 0.542 bits per heavy atom. The molecule has 0 aromatic heterocycles. The lowest BCUT2D eigenvalue weighted by Crippen LogP contribution is -2.30. The second-order valence-corrected chi connectivity index (χ2v) is 19.6. The number of ether oxygens (including phenoxy) is 2. The Kier molecular flexibility index (Phi) is 11.0. The maximum atomic E-state index is 15.3. The van der Waals surface area contributed by atoms with Gasteiger partial charge >= 0.3 is 14.7 Å². The Bertz CT molecular complexity index is 2510. The third-order valence-electron chi connectivity index (χ3n) is 11.2. The summed E-state index contributed by atoms with van der Waals surface area (Å²) < 4.78 is 56.3. The van der Waals surface area contributed by atoms with Crippen molar-refractivity contribution in [1.82, 2.24) is 0 Å². The lowest BCUT2D eigenvalue weighted by Gasteiger charge is -2.38. The van der Waals surface area contributed by atoms with Crippen LogP contribution in [0.4, 0.5) is 0 Å². The van der Waals surface area contributed by atoms with Crippen LogP contribution in [-0.2, 0) is 24.0 Å². The first-order valence-electron chi connectivity index (χ1n) is 19.5. The number of para-hydroxylation sites is 2. The molecule has 296 valence electrons. The maximum Gasteiger partial charge on any atom is 0.310 e. The molecule has 0 amide bonds. The molecule has 0 aliphatic carbocycles. The first-order chi connectivity index (χ1) is 28.6. The Balaban J connectivity index is 1.18. The van der Waals surface area contributed by atoms with Gasteiger partial charge in [0.15, 0.2) is 11.7 Å². The van der Waals surface area contributed by atoms with E-state index in [1.54, 1.807) is 12.2 Å². The molecule has 59 heavy (non-hydrogen) atoms. The summed E-state index contributed by atoms with van der Waals surface area (Å²) in [6, 6.07) is 46.5. The summed E-state index contributed by atoms with van der Waals surface area (Å²) in [5.41, 5.74) is 7.61. The molecule has 0 saturated heterocycles. The second-order valence-electron chi connectivity index (χ2n) is 14.9. The molecule has 4 atom stereocenters. The Morgan fingerprint density at radius 2 is 0.881 bits per heavy atom. The molecule has 0 spiro atoms. The molecular weight excluding hydrogens is 771 g/mol. The lowest BCUT2D eigenvalue weighted by atomic mass is 9.66. The van der Waals surface area contributed by atoms with Crippen molar-refractivity contribution in [2.24, 2.45) is 0 Å². The van der Waals surface area contributed by atoms with Crippen molar-refractivity contribution in [3.63, 3.8) is 0 Å². The van der Waals surface area contributed by atoms with Crippen LogP contribution in [0.15, 0.2) is 195 Å². The molecule has 6 aromatic carbocycles. The van der Waals surface area contributed by atoms with Gasteiger partial charge in [-0.25, -0.2) is 0 Å². The van der Waals surface area contributed by atoms with Gasteiger partial charge in [0, 0.05) is 11.1 Å². The number of allylic oxidation sites excluding steroid dienone is 2. The van der Waals surface area contributed by atoms with Gasteiger partial charge in [-0.05, 0) is 71.5 Å². The summed E-state index contributed by atoms with van der Waals surface area (Å²) in [6.07, 6.45) is 3.30. The van der Waals surface area contributed by atoms with Crippen molar-refractivity contribution in [1.29, 1.82) is 0 Å². The summed E-state index contributed by atoms with van der Waals surface area (Å²) in [5, 5.41) is 1.22. The molecule has 6 aromatic rings. The fourth-order valence-corrected chi connectivity index (χ4v) is 13.8. The van der Waals surface area contributed by atoms with Crippen LogP contribution >= 0.6 is 14.7 Å². The summed E-state index contributed by atoms with van der Waals surface area (Å²) in [5.74, 6) is -0.725. The summed E-state index contributed by atoms with van der Waals surface area (Å²) >= 11 is 0. The van der Waals surface area contributed by atoms with E-state index in [1.807, 2.05) is 159 Å². The lowest BCUT2D eigenvalue weighted by molar-refractivity contribution is 0.124. The van der Waals surface area contributed by atoms with Crippen LogP contribution < -0.4 is 19.7 Å². The monoisotopic (exact) mass is 816 g/mol. The Morgan fingerprint density at radius 3 is 1.24 bits per heavy atom. The minimum absolute atomic E-state index is 0.172. The van der Waals surface area contributed by atoms with E-state index in [1.165, 1.54) is 0 Å². The van der Waals surface area contributed by atoms with Gasteiger partial charge < -0.3 is 18.5 Å². The van der Waals surface area contributed by atoms with Crippen molar-refractivity contribution in [3.05, 3.63) is 217 Å². The van der Waals surface area contributed by atoms with Crippen molar-refractivity contribution in [2.45, 2.75) is 31.0 Å². The molecule has 4 unspecified atom stereocenters. The predicted molar refractivity (Wildman–Crippen MR) is 241 cm³/mol. The number of rotatable bonds is 14. The number of hydrogen-bond acceptors (Lipinski definition) is 6. The highest BCUT2D eigenvalue weighted by atomic mass is 31.2. The third-order valence-corrected chi connectivity index (χ3v) is 16.4. The predicted octanol–water partition coefficient (Wildman–Crippen LogP) is 12.9. The van der Waals surface area contributed by atoms with Crippen molar-refractivity contribution in [2.75, 3.05) is 13.2 Å². The average molecular weight is 817 g/mol. The van der Waals surface area contributed by atoms with Gasteiger partial charge in [0.05, 0.1) is 29.2 Å². The highest BCUT2D eigenvalue weighted by Gasteiger charge is 2.47. The van der Waals surface area contributed by atoms with Crippen LogP contribution in [0.3, 0.4) is 0 Å². The second kappa shape index (κ2) is 16.1. The van der Waals surface area contributed by atoms with E-state index in [0.29, 0.717) is 33.2 Å². The van der Waals surface area contributed by atoms with Gasteiger partial charge in [-0.1, -0.05) is 158 Å². The van der Waals surface area contributed by atoms with E-state index >= 15 is 9.13 Å². The summed E-state index contributed by atoms with van der Waals surface area (Å²) in [7, 11) is -7.37. The van der Waals surface area contributed by atoms with Crippen LogP contribution in [0.2, 0.25) is 0 Å². The van der Waals surface area contributed by atoms with Crippen LogP contribution in [0, 0.1) is 0 Å². The summed E-state index contributed by atoms with van der Waals surface area (Å²) in [6.45, 7) is 21.1. The van der Waals surface area contributed by atoms with Gasteiger partial charge in [0.1, 0.15) is 11.5 Å². The fourth-order valence-electron chi connectivity index (χ4n) is 8.63. The topological polar surface area (TPSA) is 71.1 Å². The minimum Gasteiger partial charge on any atom is -0.437 e. The zero-order valence-electron chi connectivity index (χ0n) is 33.3. The van der Waals surface area contributed by atoms with Crippen molar-refractivity contribution < 1.29 is 27.7 Å². The number of fused-ring (bicyclic) bond motifs is 6. The van der Waals surface area contributed by atoms with Crippen molar-refractivity contribution >= 4 is 25.3 Å². The maximum absolute atomic E-state index is 15.3. The smallest absolute Gasteiger partial charge is 0.310 e. The third kappa shape index (κ3) is 6.71. The van der Waals surface area contributed by atoms with E-state index < -0.39 is 31.8 Å². The SMILES string of the molecule is C=CCOC(c1ccc(C(C(=C)C)(C(=C)C)c2ccc(C(OCC=C)P3(=O)Oc4ccccc4-c4ccccc43)cc2)cc1)P1(=O)Oc2ccccc2-c2ccccc21. The van der Waals surface area contributed by atoms with Crippen LogP contribution in [0.1, 0.15) is 47.8 Å². The zero-order valence-corrected chi connectivity index (χ0v) is 35.0. The van der Waals surface area contributed by atoms with Gasteiger partial charge in [-0.15, -0.1) is 13.2 Å². The van der Waals surface area contributed by atoms with Gasteiger partial charge in [0.2, 0.25) is 0 Å². The zero-order chi connectivity index (χ0) is 41.4. The molecule has 8 rings (SSSR count). The van der Waals surface area contributed by atoms with Gasteiger partial charge in [-0.2, -0.15) is 0 Å². The molecule has 0 saturated carbocycles. The average Bonchev–Trinajstić information content (AvgIpc) is 3.25. The van der Waals surface area contributed by atoms with E-state index in [0.717, 1.165) is 44.5 Å². The van der Waals surface area contributed by atoms with Gasteiger partial charge in [-0.3, -0.25) is 9.13 Å². The molecule has 2 aliphatic heterocycles. The molecular formula is C51H46O6P2. The summed E-state index contributed by atoms with van der Waals surface area (Å²) in [4.78, 5) is 0. The first kappa shape index (κ1) is 40.1. The number of hydrogen-bond donors (Lipinski definition) is 0. The molecule has 0 radical (unpaired) electrons. The largest absolute Gasteiger partial charge is 0.437 e. The van der Waals surface area contributed by atoms with Gasteiger partial charge in [0.25, 0.3) is 0 Å². The number of benzene rings is 6. The molecule has 0 fully saturated rings. The van der Waals surface area contributed by atoms with E-state index in [2.05, 4.69) is 26.3 Å². The Labute approximate surface area is 347 Å². The highest BCUT2D eigenvalue weighted by Crippen LogP contribution is 2.65. The van der Waals surface area contributed by atoms with Crippen LogP contribution in [0.25, 0.3) is 22.3 Å². The van der Waals surface area contributed by atoms with E-state index in [-0.39, 0.29) is 13.2 Å². The molecule has 2 aliphatic rings. The minimum atomic E-state index is -3.69. The van der Waals surface area contributed by atoms with E-state index in [4.69, 9.17) is 18.5 Å². The Hall–Kier alpha value is -5.74. The molecule has 8 heteroatoms. The van der Waals surface area contributed by atoms with Crippen molar-refractivity contribution in [3.8, 4) is 33.8 Å². The normalized spacial score (nSPS) is 18.6. The molecule has 2 heterocycles. The van der Waals surface area contributed by atoms with E-state index in [9.17, 15) is 0 Å². The fraction of sp³-hybridized carbons (Fsp3) is 0.137. The quantitative estimate of drug-likeness (QED) is 0.0805. The molecule has 6 nitrogen and oxygen atoms in total. The first-order valence-corrected chi connectivity index (χ1v) is 22.9. The standard InChI is InChI=1S/C51H46O6P2/c1-7-33-54-49(58(52)47-23-15-11-19-43(47)41-17-9-13-21-45(41)56-58)37-25-29-39(30-26-37)51(35(3)4,36(5)6)40-31-27-38(28-32-40)50(55-34-8-2)59(53)48-24-16-12-20-44(48)42-18-10-14-22-46(42)57-59/h7-32,49-50H,1-3,5,33-34H2,4,6H3. The molecule has 0 bridgehead atoms.